The Morgan fingerprint density at radius 1 is 1.33 bits per heavy atom. The van der Waals surface area contributed by atoms with Crippen molar-refractivity contribution in [1.82, 2.24) is 4.98 Å². The fraction of sp³-hybridized carbons (Fsp3) is 0.375. The summed E-state index contributed by atoms with van der Waals surface area (Å²) < 4.78 is 16.0. The van der Waals surface area contributed by atoms with Gasteiger partial charge in [-0.25, -0.2) is 4.79 Å². The van der Waals surface area contributed by atoms with Crippen molar-refractivity contribution in [2.75, 3.05) is 7.11 Å². The average Bonchev–Trinajstić information content (AvgIpc) is 2.98. The molecule has 0 fully saturated rings. The molecule has 2 rings (SSSR count). The van der Waals surface area contributed by atoms with E-state index in [1.54, 1.807) is 12.1 Å². The Bertz CT molecular complexity index is 633. The predicted octanol–water partition coefficient (Wildman–Crippen LogP) is 3.47. The molecule has 0 N–H and O–H groups in total. The van der Waals surface area contributed by atoms with Crippen molar-refractivity contribution in [2.45, 2.75) is 33.3 Å². The summed E-state index contributed by atoms with van der Waals surface area (Å²) in [6, 6.07) is 7.10. The van der Waals surface area contributed by atoms with Crippen LogP contribution in [0, 0.1) is 6.92 Å². The Morgan fingerprint density at radius 3 is 2.76 bits per heavy atom. The Labute approximate surface area is 123 Å². The highest BCUT2D eigenvalue weighted by Gasteiger charge is 2.17. The number of methoxy groups -OCH3 is 1. The number of carbonyl (C=O) groups is 1. The molecule has 0 radical (unpaired) electrons. The molecule has 0 aliphatic rings. The highest BCUT2D eigenvalue weighted by Crippen LogP contribution is 2.26. The van der Waals surface area contributed by atoms with Gasteiger partial charge in [0.15, 0.2) is 6.10 Å². The lowest BCUT2D eigenvalue weighted by Gasteiger charge is -2.15. The maximum atomic E-state index is 11.4. The minimum Gasteiger partial charge on any atom is -0.481 e. The van der Waals surface area contributed by atoms with Gasteiger partial charge in [-0.15, -0.1) is 0 Å². The topological polar surface area (TPSA) is 61.6 Å². The van der Waals surface area contributed by atoms with Crippen LogP contribution in [0.15, 0.2) is 28.7 Å². The van der Waals surface area contributed by atoms with Crippen LogP contribution in [-0.4, -0.2) is 18.1 Å². The zero-order chi connectivity index (χ0) is 15.4. The number of pyridine rings is 1. The van der Waals surface area contributed by atoms with Crippen molar-refractivity contribution in [3.8, 4) is 5.75 Å². The molecular formula is C16H19NO4. The molecule has 1 unspecified atom stereocenters. The van der Waals surface area contributed by atoms with Crippen molar-refractivity contribution in [1.29, 1.82) is 0 Å². The van der Waals surface area contributed by atoms with E-state index in [9.17, 15) is 4.79 Å². The Hall–Kier alpha value is -2.30. The first-order valence-electron chi connectivity index (χ1n) is 6.86. The van der Waals surface area contributed by atoms with Gasteiger partial charge in [0, 0.05) is 5.69 Å². The number of aryl methyl sites for hydroxylation is 2. The van der Waals surface area contributed by atoms with Crippen molar-refractivity contribution in [3.05, 3.63) is 47.2 Å². The molecular weight excluding hydrogens is 270 g/mol. The molecule has 1 atom stereocenters. The number of aromatic nitrogens is 1. The first-order valence-corrected chi connectivity index (χ1v) is 6.86. The maximum absolute atomic E-state index is 11.4. The minimum atomic E-state index is -0.500. The van der Waals surface area contributed by atoms with E-state index in [4.69, 9.17) is 9.15 Å². The number of nitrogens with zero attached hydrogens (tertiary/aromatic N) is 1. The molecule has 0 aromatic carbocycles. The summed E-state index contributed by atoms with van der Waals surface area (Å²) in [4.78, 5) is 15.8. The third-order valence-electron chi connectivity index (χ3n) is 3.12. The second-order valence-electron chi connectivity index (χ2n) is 4.70. The van der Waals surface area contributed by atoms with Gasteiger partial charge in [-0.2, -0.15) is 0 Å². The molecule has 0 bridgehead atoms. The molecule has 2 aromatic heterocycles. The average molecular weight is 289 g/mol. The SMILES string of the molecule is CCc1nc(C)ccc1OC(C)c1ccc(C(=O)OC)o1. The van der Waals surface area contributed by atoms with Crippen LogP contribution in [0.2, 0.25) is 0 Å². The van der Waals surface area contributed by atoms with Crippen LogP contribution in [-0.2, 0) is 11.2 Å². The molecule has 5 nitrogen and oxygen atoms in total. The summed E-state index contributed by atoms with van der Waals surface area (Å²) in [5, 5.41) is 0. The molecule has 5 heteroatoms. The van der Waals surface area contributed by atoms with E-state index in [0.717, 1.165) is 23.6 Å². The van der Waals surface area contributed by atoms with E-state index in [-0.39, 0.29) is 11.9 Å². The maximum Gasteiger partial charge on any atom is 0.373 e. The highest BCUT2D eigenvalue weighted by atomic mass is 16.5. The van der Waals surface area contributed by atoms with Crippen molar-refractivity contribution in [2.24, 2.45) is 0 Å². The number of rotatable bonds is 5. The van der Waals surface area contributed by atoms with E-state index < -0.39 is 5.97 Å². The largest absolute Gasteiger partial charge is 0.481 e. The summed E-state index contributed by atoms with van der Waals surface area (Å²) in [5.41, 5.74) is 1.86. The van der Waals surface area contributed by atoms with E-state index in [2.05, 4.69) is 9.72 Å². The number of hydrogen-bond donors (Lipinski definition) is 0. The zero-order valence-electron chi connectivity index (χ0n) is 12.7. The fourth-order valence-corrected chi connectivity index (χ4v) is 1.99. The predicted molar refractivity (Wildman–Crippen MR) is 77.4 cm³/mol. The van der Waals surface area contributed by atoms with Crippen LogP contribution in [0.5, 0.6) is 5.75 Å². The lowest BCUT2D eigenvalue weighted by molar-refractivity contribution is 0.0558. The minimum absolute atomic E-state index is 0.167. The summed E-state index contributed by atoms with van der Waals surface area (Å²) in [7, 11) is 1.32. The summed E-state index contributed by atoms with van der Waals surface area (Å²) in [6.45, 7) is 5.84. The van der Waals surface area contributed by atoms with Crippen molar-refractivity contribution < 1.29 is 18.7 Å². The lowest BCUT2D eigenvalue weighted by Crippen LogP contribution is -2.05. The third-order valence-corrected chi connectivity index (χ3v) is 3.12. The van der Waals surface area contributed by atoms with Crippen LogP contribution in [0.4, 0.5) is 0 Å². The van der Waals surface area contributed by atoms with Gasteiger partial charge < -0.3 is 13.9 Å². The fourth-order valence-electron chi connectivity index (χ4n) is 1.99. The Morgan fingerprint density at radius 2 is 2.10 bits per heavy atom. The van der Waals surface area contributed by atoms with E-state index in [0.29, 0.717) is 5.76 Å². The standard InChI is InChI=1S/C16H19NO4/c1-5-12-14(7-6-10(2)17-12)20-11(3)13-8-9-15(21-13)16(18)19-4/h6-9,11H,5H2,1-4H3. The molecule has 0 aliphatic heterocycles. The molecule has 0 saturated heterocycles. The first kappa shape index (κ1) is 15.1. The van der Waals surface area contributed by atoms with E-state index >= 15 is 0 Å². The van der Waals surface area contributed by atoms with Crippen molar-refractivity contribution in [3.63, 3.8) is 0 Å². The molecule has 0 spiro atoms. The van der Waals surface area contributed by atoms with Gasteiger partial charge in [0.2, 0.25) is 5.76 Å². The number of esters is 1. The molecule has 112 valence electrons. The normalized spacial score (nSPS) is 12.0. The van der Waals surface area contributed by atoms with Crippen molar-refractivity contribution >= 4 is 5.97 Å². The van der Waals surface area contributed by atoms with E-state index in [1.807, 2.05) is 32.9 Å². The number of ether oxygens (including phenoxy) is 2. The summed E-state index contributed by atoms with van der Waals surface area (Å²) in [5.74, 6) is 0.963. The van der Waals surface area contributed by atoms with Gasteiger partial charge in [-0.05, 0) is 44.5 Å². The smallest absolute Gasteiger partial charge is 0.373 e. The second-order valence-corrected chi connectivity index (χ2v) is 4.70. The lowest BCUT2D eigenvalue weighted by atomic mass is 10.2. The number of furan rings is 1. The summed E-state index contributed by atoms with van der Waals surface area (Å²) >= 11 is 0. The molecule has 0 amide bonds. The molecule has 2 aromatic rings. The van der Waals surface area contributed by atoms with Gasteiger partial charge in [-0.3, -0.25) is 4.98 Å². The van der Waals surface area contributed by atoms with Crippen LogP contribution in [0.1, 0.15) is 47.7 Å². The Kier molecular flexibility index (Phi) is 4.62. The zero-order valence-corrected chi connectivity index (χ0v) is 12.7. The molecule has 21 heavy (non-hydrogen) atoms. The quantitative estimate of drug-likeness (QED) is 0.789. The molecule has 0 aliphatic carbocycles. The van der Waals surface area contributed by atoms with Gasteiger partial charge >= 0.3 is 5.97 Å². The second kappa shape index (κ2) is 6.43. The van der Waals surface area contributed by atoms with Crippen LogP contribution < -0.4 is 4.74 Å². The number of carbonyl (C=O) groups excluding carboxylic acids is 1. The Balaban J connectivity index is 2.16. The van der Waals surface area contributed by atoms with Gasteiger partial charge in [0.05, 0.1) is 12.8 Å². The van der Waals surface area contributed by atoms with Gasteiger partial charge in [0.1, 0.15) is 11.5 Å². The first-order chi connectivity index (χ1) is 10.0. The van der Waals surface area contributed by atoms with Crippen LogP contribution >= 0.6 is 0 Å². The number of hydrogen-bond acceptors (Lipinski definition) is 5. The highest BCUT2D eigenvalue weighted by molar-refractivity contribution is 5.86. The monoisotopic (exact) mass is 289 g/mol. The van der Waals surface area contributed by atoms with E-state index in [1.165, 1.54) is 7.11 Å². The molecule has 0 saturated carbocycles. The van der Waals surface area contributed by atoms with Crippen LogP contribution in [0.3, 0.4) is 0 Å². The van der Waals surface area contributed by atoms with Gasteiger partial charge in [0.25, 0.3) is 0 Å². The van der Waals surface area contributed by atoms with Gasteiger partial charge in [-0.1, -0.05) is 6.92 Å². The summed E-state index contributed by atoms with van der Waals surface area (Å²) in [6.07, 6.45) is 0.466. The van der Waals surface area contributed by atoms with Crippen LogP contribution in [0.25, 0.3) is 0 Å². The third kappa shape index (κ3) is 3.42. The molecule has 2 heterocycles.